The van der Waals surface area contributed by atoms with E-state index in [4.69, 9.17) is 4.74 Å². The molecule has 0 bridgehead atoms. The Kier molecular flexibility index (Phi) is 4.62. The summed E-state index contributed by atoms with van der Waals surface area (Å²) in [4.78, 5) is 11.7. The van der Waals surface area contributed by atoms with Crippen LogP contribution >= 0.6 is 0 Å². The molecule has 1 saturated carbocycles. The molecule has 0 amide bonds. The number of hydrogen-bond donors (Lipinski definition) is 0. The first kappa shape index (κ1) is 12.5. The van der Waals surface area contributed by atoms with Gasteiger partial charge in [-0.05, 0) is 39.0 Å². The normalized spacial score (nSPS) is 22.9. The highest BCUT2D eigenvalue weighted by atomic mass is 16.6. The second-order valence-electron chi connectivity index (χ2n) is 5.09. The predicted octanol–water partition coefficient (Wildman–Crippen LogP) is 3.69. The number of ether oxygens (including phenoxy) is 1. The molecule has 0 saturated heterocycles. The maximum absolute atomic E-state index is 11.7. The zero-order chi connectivity index (χ0) is 11.3. The lowest BCUT2D eigenvalue weighted by molar-refractivity contribution is -0.164. The van der Waals surface area contributed by atoms with Crippen molar-refractivity contribution < 1.29 is 9.53 Å². The maximum Gasteiger partial charge on any atom is 0.309 e. The predicted molar refractivity (Wildman–Crippen MR) is 61.7 cm³/mol. The lowest BCUT2D eigenvalue weighted by Gasteiger charge is -2.29. The number of hydrogen-bond acceptors (Lipinski definition) is 2. The fourth-order valence-corrected chi connectivity index (χ4v) is 2.09. The van der Waals surface area contributed by atoms with Crippen LogP contribution in [-0.2, 0) is 9.53 Å². The van der Waals surface area contributed by atoms with Crippen LogP contribution in [0.4, 0.5) is 0 Å². The Balaban J connectivity index is 2.49. The van der Waals surface area contributed by atoms with Crippen LogP contribution in [0.15, 0.2) is 0 Å². The van der Waals surface area contributed by atoms with Gasteiger partial charge in [0, 0.05) is 0 Å². The van der Waals surface area contributed by atoms with Crippen LogP contribution in [0, 0.1) is 5.92 Å². The molecular formula is C13H24O2. The Labute approximate surface area is 93.4 Å². The van der Waals surface area contributed by atoms with Gasteiger partial charge in [-0.2, -0.15) is 0 Å². The van der Waals surface area contributed by atoms with Crippen LogP contribution in [0.3, 0.4) is 0 Å². The summed E-state index contributed by atoms with van der Waals surface area (Å²) in [5, 5.41) is 0. The van der Waals surface area contributed by atoms with Crippen LogP contribution in [0.25, 0.3) is 0 Å². The summed E-state index contributed by atoms with van der Waals surface area (Å²) in [5.74, 6) is 0.0342. The fraction of sp³-hybridized carbons (Fsp3) is 0.923. The molecule has 1 fully saturated rings. The van der Waals surface area contributed by atoms with E-state index in [1.54, 1.807) is 0 Å². The summed E-state index contributed by atoms with van der Waals surface area (Å²) < 4.78 is 5.67. The third-order valence-electron chi connectivity index (χ3n) is 3.52. The number of carbonyl (C=O) groups excluding carboxylic acids is 1. The van der Waals surface area contributed by atoms with E-state index in [-0.39, 0.29) is 17.5 Å². The molecule has 0 spiro atoms. The minimum absolute atomic E-state index is 0.0121. The Morgan fingerprint density at radius 2 is 1.80 bits per heavy atom. The van der Waals surface area contributed by atoms with Gasteiger partial charge in [-0.3, -0.25) is 4.79 Å². The summed E-state index contributed by atoms with van der Waals surface area (Å²) in [5.41, 5.74) is -0.184. The zero-order valence-corrected chi connectivity index (χ0v) is 10.3. The standard InChI is InChI=1S/C13H24O2/c1-4-11(2)12(14)15-13(3)9-7-5-6-8-10-13/h11H,4-10H2,1-3H3. The summed E-state index contributed by atoms with van der Waals surface area (Å²) >= 11 is 0. The molecule has 0 aromatic heterocycles. The number of rotatable bonds is 3. The first-order chi connectivity index (χ1) is 7.07. The second-order valence-corrected chi connectivity index (χ2v) is 5.09. The van der Waals surface area contributed by atoms with Gasteiger partial charge in [0.05, 0.1) is 5.92 Å². The topological polar surface area (TPSA) is 26.3 Å². The molecule has 0 N–H and O–H groups in total. The number of esters is 1. The molecule has 0 aromatic rings. The van der Waals surface area contributed by atoms with Crippen molar-refractivity contribution in [1.29, 1.82) is 0 Å². The molecule has 0 radical (unpaired) electrons. The van der Waals surface area contributed by atoms with Crippen LogP contribution in [0.5, 0.6) is 0 Å². The molecule has 1 rings (SSSR count). The Morgan fingerprint density at radius 3 is 2.27 bits per heavy atom. The Bertz CT molecular complexity index is 203. The van der Waals surface area contributed by atoms with Crippen molar-refractivity contribution in [2.24, 2.45) is 5.92 Å². The Hall–Kier alpha value is -0.530. The molecule has 0 aromatic carbocycles. The van der Waals surface area contributed by atoms with Gasteiger partial charge in [0.2, 0.25) is 0 Å². The van der Waals surface area contributed by atoms with E-state index in [9.17, 15) is 4.79 Å². The SMILES string of the molecule is CCC(C)C(=O)OC1(C)CCCCCC1. The molecule has 2 nitrogen and oxygen atoms in total. The minimum Gasteiger partial charge on any atom is -0.459 e. The van der Waals surface area contributed by atoms with Gasteiger partial charge in [0.15, 0.2) is 0 Å². The molecule has 88 valence electrons. The first-order valence-corrected chi connectivity index (χ1v) is 6.30. The van der Waals surface area contributed by atoms with Gasteiger partial charge in [-0.15, -0.1) is 0 Å². The lowest BCUT2D eigenvalue weighted by atomic mass is 9.96. The first-order valence-electron chi connectivity index (χ1n) is 6.30. The maximum atomic E-state index is 11.7. The third kappa shape index (κ3) is 3.84. The van der Waals surface area contributed by atoms with E-state index in [2.05, 4.69) is 6.92 Å². The molecule has 1 aliphatic rings. The smallest absolute Gasteiger partial charge is 0.309 e. The average Bonchev–Trinajstić information content (AvgIpc) is 2.41. The summed E-state index contributed by atoms with van der Waals surface area (Å²) in [6, 6.07) is 0. The molecular weight excluding hydrogens is 188 g/mol. The lowest BCUT2D eigenvalue weighted by Crippen LogP contribution is -2.33. The van der Waals surface area contributed by atoms with Gasteiger partial charge in [0.1, 0.15) is 5.60 Å². The van der Waals surface area contributed by atoms with Gasteiger partial charge < -0.3 is 4.74 Å². The quantitative estimate of drug-likeness (QED) is 0.527. The van der Waals surface area contributed by atoms with E-state index in [0.717, 1.165) is 19.3 Å². The van der Waals surface area contributed by atoms with Crippen molar-refractivity contribution in [2.75, 3.05) is 0 Å². The molecule has 0 aliphatic heterocycles. The highest BCUT2D eigenvalue weighted by molar-refractivity contribution is 5.72. The molecule has 1 unspecified atom stereocenters. The minimum atomic E-state index is -0.184. The largest absolute Gasteiger partial charge is 0.459 e. The third-order valence-corrected chi connectivity index (χ3v) is 3.52. The zero-order valence-electron chi connectivity index (χ0n) is 10.3. The summed E-state index contributed by atoms with van der Waals surface area (Å²) in [6.07, 6.45) is 7.92. The van der Waals surface area contributed by atoms with Crippen LogP contribution in [0.2, 0.25) is 0 Å². The van der Waals surface area contributed by atoms with Gasteiger partial charge in [-0.1, -0.05) is 26.7 Å². The average molecular weight is 212 g/mol. The second kappa shape index (κ2) is 5.53. The van der Waals surface area contributed by atoms with E-state index >= 15 is 0 Å². The van der Waals surface area contributed by atoms with E-state index in [1.165, 1.54) is 25.7 Å². The molecule has 15 heavy (non-hydrogen) atoms. The molecule has 1 aliphatic carbocycles. The van der Waals surface area contributed by atoms with Gasteiger partial charge in [0.25, 0.3) is 0 Å². The Morgan fingerprint density at radius 1 is 1.27 bits per heavy atom. The van der Waals surface area contributed by atoms with Crippen LogP contribution in [0.1, 0.15) is 65.7 Å². The van der Waals surface area contributed by atoms with Crippen molar-refractivity contribution in [2.45, 2.75) is 71.3 Å². The van der Waals surface area contributed by atoms with Crippen molar-refractivity contribution in [3.63, 3.8) is 0 Å². The van der Waals surface area contributed by atoms with Crippen molar-refractivity contribution in [1.82, 2.24) is 0 Å². The molecule has 2 heteroatoms. The van der Waals surface area contributed by atoms with E-state index in [1.807, 2.05) is 13.8 Å². The van der Waals surface area contributed by atoms with Crippen LogP contribution in [-0.4, -0.2) is 11.6 Å². The van der Waals surface area contributed by atoms with Crippen LogP contribution < -0.4 is 0 Å². The number of carbonyl (C=O) groups is 1. The van der Waals surface area contributed by atoms with Gasteiger partial charge >= 0.3 is 5.97 Å². The van der Waals surface area contributed by atoms with E-state index < -0.39 is 0 Å². The monoisotopic (exact) mass is 212 g/mol. The van der Waals surface area contributed by atoms with Crippen molar-refractivity contribution in [3.05, 3.63) is 0 Å². The van der Waals surface area contributed by atoms with Gasteiger partial charge in [-0.25, -0.2) is 0 Å². The molecule has 1 atom stereocenters. The van der Waals surface area contributed by atoms with E-state index in [0.29, 0.717) is 0 Å². The highest BCUT2D eigenvalue weighted by Crippen LogP contribution is 2.30. The summed E-state index contributed by atoms with van der Waals surface area (Å²) in [7, 11) is 0. The van der Waals surface area contributed by atoms with Crippen molar-refractivity contribution >= 4 is 5.97 Å². The summed E-state index contributed by atoms with van der Waals surface area (Å²) in [6.45, 7) is 6.07. The van der Waals surface area contributed by atoms with Crippen molar-refractivity contribution in [3.8, 4) is 0 Å². The fourth-order valence-electron chi connectivity index (χ4n) is 2.09. The highest BCUT2D eigenvalue weighted by Gasteiger charge is 2.30. The molecule has 0 heterocycles.